The van der Waals surface area contributed by atoms with E-state index in [0.29, 0.717) is 18.3 Å². The number of rotatable bonds is 6. The number of urea groups is 1. The summed E-state index contributed by atoms with van der Waals surface area (Å²) in [5, 5.41) is 16.3. The van der Waals surface area contributed by atoms with Gasteiger partial charge >= 0.3 is 6.03 Å². The van der Waals surface area contributed by atoms with Crippen LogP contribution < -0.4 is 5.32 Å². The normalized spacial score (nSPS) is 14.7. The molecule has 1 aromatic rings. The topological polar surface area (TPSA) is 70.4 Å². The van der Waals surface area contributed by atoms with E-state index in [9.17, 15) is 4.79 Å². The highest BCUT2D eigenvalue weighted by molar-refractivity contribution is 5.88. The molecule has 0 radical (unpaired) electrons. The van der Waals surface area contributed by atoms with E-state index in [1.54, 1.807) is 10.8 Å². The van der Waals surface area contributed by atoms with Crippen LogP contribution in [0.1, 0.15) is 30.9 Å². The Labute approximate surface area is 119 Å². The number of nitrogens with one attached hydrogen (secondary N) is 1. The van der Waals surface area contributed by atoms with Gasteiger partial charge in [0.25, 0.3) is 0 Å². The van der Waals surface area contributed by atoms with Gasteiger partial charge in [-0.1, -0.05) is 12.5 Å². The first-order valence-electron chi connectivity index (χ1n) is 6.97. The molecule has 1 heterocycles. The Bertz CT molecular complexity index is 480. The highest BCUT2D eigenvalue weighted by atomic mass is 16.3. The van der Waals surface area contributed by atoms with Crippen LogP contribution in [0.4, 0.5) is 10.6 Å². The van der Waals surface area contributed by atoms with Crippen LogP contribution in [0.2, 0.25) is 0 Å². The molecule has 110 valence electrons. The number of hydrogen-bond donors (Lipinski definition) is 2. The number of anilines is 1. The Morgan fingerprint density at radius 2 is 2.45 bits per heavy atom. The van der Waals surface area contributed by atoms with Gasteiger partial charge in [0.15, 0.2) is 0 Å². The van der Waals surface area contributed by atoms with Crippen molar-refractivity contribution >= 4 is 11.8 Å². The summed E-state index contributed by atoms with van der Waals surface area (Å²) in [6.45, 7) is 4.23. The minimum absolute atomic E-state index is 0.0695. The van der Waals surface area contributed by atoms with E-state index >= 15 is 0 Å². The molecule has 2 rings (SSSR count). The largest absolute Gasteiger partial charge is 0.395 e. The SMILES string of the molecule is C=CCN(CCO)C(=O)Nc1cc(C2CCC2)nn1C. The van der Waals surface area contributed by atoms with Gasteiger partial charge in [-0.3, -0.25) is 10.00 Å². The summed E-state index contributed by atoms with van der Waals surface area (Å²) >= 11 is 0. The highest BCUT2D eigenvalue weighted by Crippen LogP contribution is 2.36. The molecule has 1 saturated carbocycles. The van der Waals surface area contributed by atoms with Crippen LogP contribution in [0, 0.1) is 0 Å². The van der Waals surface area contributed by atoms with E-state index in [1.165, 1.54) is 24.2 Å². The first-order valence-corrected chi connectivity index (χ1v) is 6.97. The highest BCUT2D eigenvalue weighted by Gasteiger charge is 2.23. The summed E-state index contributed by atoms with van der Waals surface area (Å²) in [6.07, 6.45) is 5.25. The first kappa shape index (κ1) is 14.6. The molecule has 1 aromatic heterocycles. The number of hydrogen-bond acceptors (Lipinski definition) is 3. The predicted molar refractivity (Wildman–Crippen MR) is 77.7 cm³/mol. The van der Waals surface area contributed by atoms with Crippen LogP contribution in [0.15, 0.2) is 18.7 Å². The lowest BCUT2D eigenvalue weighted by molar-refractivity contribution is 0.195. The summed E-state index contributed by atoms with van der Waals surface area (Å²) in [7, 11) is 1.82. The molecule has 0 saturated heterocycles. The maximum atomic E-state index is 12.1. The maximum absolute atomic E-state index is 12.1. The van der Waals surface area contributed by atoms with Crippen molar-refractivity contribution in [2.45, 2.75) is 25.2 Å². The molecule has 0 atom stereocenters. The lowest BCUT2D eigenvalue weighted by atomic mass is 9.83. The summed E-state index contributed by atoms with van der Waals surface area (Å²) in [5.41, 5.74) is 1.05. The number of carbonyl (C=O) groups excluding carboxylic acids is 1. The standard InChI is InChI=1S/C14H22N4O2/c1-3-7-18(8-9-19)14(20)15-13-10-12(16-17(13)2)11-5-4-6-11/h3,10-11,19H,1,4-9H2,2H3,(H,15,20). The van der Waals surface area contributed by atoms with Crippen LogP contribution in [0.5, 0.6) is 0 Å². The van der Waals surface area contributed by atoms with Crippen molar-refractivity contribution < 1.29 is 9.90 Å². The molecule has 0 spiro atoms. The predicted octanol–water partition coefficient (Wildman–Crippen LogP) is 1.70. The van der Waals surface area contributed by atoms with Gasteiger partial charge in [-0.15, -0.1) is 6.58 Å². The van der Waals surface area contributed by atoms with Gasteiger partial charge in [-0.2, -0.15) is 5.10 Å². The Morgan fingerprint density at radius 3 is 3.00 bits per heavy atom. The number of aliphatic hydroxyl groups is 1. The zero-order valence-corrected chi connectivity index (χ0v) is 11.9. The number of aromatic nitrogens is 2. The Morgan fingerprint density at radius 1 is 1.70 bits per heavy atom. The van der Waals surface area contributed by atoms with Crippen LogP contribution in [-0.4, -0.2) is 45.5 Å². The smallest absolute Gasteiger partial charge is 0.323 e. The minimum Gasteiger partial charge on any atom is -0.395 e. The molecule has 0 aliphatic heterocycles. The molecule has 0 bridgehead atoms. The number of amides is 2. The fourth-order valence-corrected chi connectivity index (χ4v) is 2.25. The molecular formula is C14H22N4O2. The van der Waals surface area contributed by atoms with Crippen LogP contribution >= 0.6 is 0 Å². The fourth-order valence-electron chi connectivity index (χ4n) is 2.25. The second-order valence-corrected chi connectivity index (χ2v) is 5.09. The molecule has 1 fully saturated rings. The molecule has 1 aliphatic carbocycles. The van der Waals surface area contributed by atoms with Crippen molar-refractivity contribution in [2.75, 3.05) is 25.0 Å². The van der Waals surface area contributed by atoms with Gasteiger partial charge in [0.05, 0.1) is 12.3 Å². The van der Waals surface area contributed by atoms with Crippen molar-refractivity contribution in [3.05, 3.63) is 24.4 Å². The van der Waals surface area contributed by atoms with Crippen LogP contribution in [0.25, 0.3) is 0 Å². The quantitative estimate of drug-likeness (QED) is 0.778. The Balaban J connectivity index is 2.02. The van der Waals surface area contributed by atoms with Crippen molar-refractivity contribution in [2.24, 2.45) is 7.05 Å². The van der Waals surface area contributed by atoms with Gasteiger partial charge in [-0.25, -0.2) is 4.79 Å². The van der Waals surface area contributed by atoms with E-state index < -0.39 is 0 Å². The number of aliphatic hydroxyl groups excluding tert-OH is 1. The average Bonchev–Trinajstić information content (AvgIpc) is 2.68. The monoisotopic (exact) mass is 278 g/mol. The molecule has 0 aromatic carbocycles. The lowest BCUT2D eigenvalue weighted by Crippen LogP contribution is -2.37. The van der Waals surface area contributed by atoms with Crippen molar-refractivity contribution in [3.63, 3.8) is 0 Å². The van der Waals surface area contributed by atoms with Crippen molar-refractivity contribution in [1.29, 1.82) is 0 Å². The maximum Gasteiger partial charge on any atom is 0.323 e. The molecule has 6 nitrogen and oxygen atoms in total. The Kier molecular flexibility index (Phi) is 4.79. The van der Waals surface area contributed by atoms with Crippen molar-refractivity contribution in [3.8, 4) is 0 Å². The van der Waals surface area contributed by atoms with Crippen LogP contribution in [-0.2, 0) is 7.05 Å². The molecule has 20 heavy (non-hydrogen) atoms. The fraction of sp³-hybridized carbons (Fsp3) is 0.571. The second-order valence-electron chi connectivity index (χ2n) is 5.09. The first-order chi connectivity index (χ1) is 9.65. The van der Waals surface area contributed by atoms with Gasteiger partial charge in [0.2, 0.25) is 0 Å². The zero-order valence-electron chi connectivity index (χ0n) is 11.9. The summed E-state index contributed by atoms with van der Waals surface area (Å²) in [4.78, 5) is 13.6. The molecule has 0 unspecified atom stereocenters. The molecular weight excluding hydrogens is 256 g/mol. The average molecular weight is 278 g/mol. The van der Waals surface area contributed by atoms with E-state index in [4.69, 9.17) is 5.11 Å². The molecule has 2 amide bonds. The van der Waals surface area contributed by atoms with Crippen LogP contribution in [0.3, 0.4) is 0 Å². The minimum atomic E-state index is -0.248. The van der Waals surface area contributed by atoms with E-state index in [-0.39, 0.29) is 19.2 Å². The summed E-state index contributed by atoms with van der Waals surface area (Å²) in [5.74, 6) is 1.22. The van der Waals surface area contributed by atoms with Crippen molar-refractivity contribution in [1.82, 2.24) is 14.7 Å². The number of aryl methyl sites for hydroxylation is 1. The molecule has 2 N–H and O–H groups in total. The van der Waals surface area contributed by atoms with E-state index in [1.807, 2.05) is 13.1 Å². The lowest BCUT2D eigenvalue weighted by Gasteiger charge is -2.22. The third-order valence-corrected chi connectivity index (χ3v) is 3.66. The summed E-state index contributed by atoms with van der Waals surface area (Å²) in [6, 6.07) is 1.69. The summed E-state index contributed by atoms with van der Waals surface area (Å²) < 4.78 is 1.69. The van der Waals surface area contributed by atoms with Gasteiger partial charge in [0, 0.05) is 32.1 Å². The van der Waals surface area contributed by atoms with Gasteiger partial charge in [-0.05, 0) is 12.8 Å². The van der Waals surface area contributed by atoms with Gasteiger partial charge < -0.3 is 10.0 Å². The van der Waals surface area contributed by atoms with E-state index in [0.717, 1.165) is 5.69 Å². The number of carbonyl (C=O) groups is 1. The third kappa shape index (κ3) is 3.19. The zero-order chi connectivity index (χ0) is 14.5. The van der Waals surface area contributed by atoms with E-state index in [2.05, 4.69) is 17.0 Å². The number of nitrogens with zero attached hydrogens (tertiary/aromatic N) is 3. The second kappa shape index (κ2) is 6.56. The third-order valence-electron chi connectivity index (χ3n) is 3.66. The van der Waals surface area contributed by atoms with Gasteiger partial charge in [0.1, 0.15) is 5.82 Å². The molecule has 6 heteroatoms. The Hall–Kier alpha value is -1.82. The molecule has 1 aliphatic rings.